The number of aliphatic hydroxyl groups is 1. The molecule has 0 aliphatic carbocycles. The average molecular weight is 574 g/mol. The summed E-state index contributed by atoms with van der Waals surface area (Å²) in [6, 6.07) is 2.65. The minimum Gasteiger partial charge on any atom is -0.480 e. The number of aliphatic carboxylic acids is 1. The number of carboxylic acids is 1. The number of aromatic amines is 1. The molecule has 1 aliphatic heterocycles. The summed E-state index contributed by atoms with van der Waals surface area (Å²) in [5.41, 5.74) is 12.3. The molecule has 4 atom stereocenters. The maximum Gasteiger partial charge on any atom is 0.322 e. The van der Waals surface area contributed by atoms with Gasteiger partial charge in [0.1, 0.15) is 30.7 Å². The molecule has 0 spiro atoms. The highest BCUT2D eigenvalue weighted by Gasteiger charge is 2.39. The smallest absolute Gasteiger partial charge is 0.322 e. The van der Waals surface area contributed by atoms with Crippen molar-refractivity contribution in [3.8, 4) is 0 Å². The van der Waals surface area contributed by atoms with Crippen LogP contribution in [-0.4, -0.2) is 99.5 Å². The molecule has 1 saturated heterocycles. The molecule has 41 heavy (non-hydrogen) atoms. The van der Waals surface area contributed by atoms with Gasteiger partial charge in [0.05, 0.1) is 6.61 Å². The van der Waals surface area contributed by atoms with Gasteiger partial charge in [0.2, 0.25) is 29.5 Å². The largest absolute Gasteiger partial charge is 0.480 e. The number of likely N-dealkylation sites (tertiary alicyclic amines) is 1. The van der Waals surface area contributed by atoms with Crippen LogP contribution in [0.4, 0.5) is 0 Å². The van der Waals surface area contributed by atoms with E-state index in [0.29, 0.717) is 12.0 Å². The number of primary amides is 1. The fourth-order valence-electron chi connectivity index (χ4n) is 4.69. The molecule has 2 aromatic rings. The van der Waals surface area contributed by atoms with Gasteiger partial charge in [-0.3, -0.25) is 28.8 Å². The monoisotopic (exact) mass is 573 g/mol. The third-order valence-corrected chi connectivity index (χ3v) is 6.81. The molecule has 10 N–H and O–H groups in total. The van der Waals surface area contributed by atoms with E-state index in [-0.39, 0.29) is 32.2 Å². The van der Waals surface area contributed by atoms with Crippen LogP contribution in [-0.2, 0) is 35.2 Å². The summed E-state index contributed by atoms with van der Waals surface area (Å²) in [7, 11) is 0. The number of carboxylic acid groups (broad SMARTS) is 1. The van der Waals surface area contributed by atoms with Gasteiger partial charge in [0, 0.05) is 36.5 Å². The van der Waals surface area contributed by atoms with Gasteiger partial charge in [-0.2, -0.15) is 0 Å². The third-order valence-electron chi connectivity index (χ3n) is 6.81. The average Bonchev–Trinajstić information content (AvgIpc) is 3.60. The highest BCUT2D eigenvalue weighted by Crippen LogP contribution is 2.22. The van der Waals surface area contributed by atoms with E-state index in [4.69, 9.17) is 16.6 Å². The van der Waals surface area contributed by atoms with Crippen LogP contribution in [0.1, 0.15) is 31.2 Å². The molecule has 1 aliphatic rings. The van der Waals surface area contributed by atoms with E-state index in [2.05, 4.69) is 20.9 Å². The molecule has 15 nitrogen and oxygen atoms in total. The maximum absolute atomic E-state index is 13.4. The Morgan fingerprint density at radius 3 is 2.49 bits per heavy atom. The Labute approximate surface area is 235 Å². The zero-order valence-corrected chi connectivity index (χ0v) is 22.3. The summed E-state index contributed by atoms with van der Waals surface area (Å²) >= 11 is 0. The number of hydrogen-bond donors (Lipinski definition) is 8. The summed E-state index contributed by atoms with van der Waals surface area (Å²) in [4.78, 5) is 78.9. The first-order valence-electron chi connectivity index (χ1n) is 13.1. The van der Waals surface area contributed by atoms with Crippen molar-refractivity contribution in [1.29, 1.82) is 0 Å². The molecule has 1 aromatic carbocycles. The van der Waals surface area contributed by atoms with Crippen LogP contribution in [0.5, 0.6) is 0 Å². The maximum atomic E-state index is 13.4. The zero-order valence-electron chi connectivity index (χ0n) is 22.3. The summed E-state index contributed by atoms with van der Waals surface area (Å²) in [5, 5.41) is 26.4. The molecular weight excluding hydrogens is 538 g/mol. The van der Waals surface area contributed by atoms with E-state index in [1.165, 1.54) is 4.90 Å². The first-order valence-corrected chi connectivity index (χ1v) is 13.1. The standard InChI is InChI=1S/C26H35N7O8/c27-16(13-34)23(38)31-18(7-8-21(28)35)26(41)33-9-3-6-20(33)25(40)32-19(24(39)30-12-22(36)37)10-14-11-29-17-5-2-1-4-15(14)17/h1-2,4-5,11,16,18-20,29,34H,3,6-10,12-13,27H2,(H2,28,35)(H,30,39)(H,31,38)(H,32,40)(H,36,37)/t16-,18-,19-,20-/m0/s1. The lowest BCUT2D eigenvalue weighted by molar-refractivity contribution is -0.143. The van der Waals surface area contributed by atoms with Gasteiger partial charge in [-0.15, -0.1) is 0 Å². The van der Waals surface area contributed by atoms with Crippen LogP contribution in [0.3, 0.4) is 0 Å². The Bertz CT molecular complexity index is 1300. The van der Waals surface area contributed by atoms with Gasteiger partial charge in [-0.25, -0.2) is 0 Å². The van der Waals surface area contributed by atoms with E-state index in [1.54, 1.807) is 6.20 Å². The molecule has 2 heterocycles. The van der Waals surface area contributed by atoms with Gasteiger partial charge in [0.25, 0.3) is 0 Å². The Morgan fingerprint density at radius 2 is 1.80 bits per heavy atom. The fourth-order valence-corrected chi connectivity index (χ4v) is 4.69. The second-order valence-electron chi connectivity index (χ2n) is 9.78. The molecule has 0 bridgehead atoms. The molecule has 5 amide bonds. The molecule has 15 heteroatoms. The van der Waals surface area contributed by atoms with Crippen molar-refractivity contribution in [1.82, 2.24) is 25.8 Å². The first kappa shape index (κ1) is 31.0. The summed E-state index contributed by atoms with van der Waals surface area (Å²) in [6.07, 6.45) is 2.08. The summed E-state index contributed by atoms with van der Waals surface area (Å²) in [6.45, 7) is -1.15. The molecule has 3 rings (SSSR count). The minimum absolute atomic E-state index is 0.0399. The van der Waals surface area contributed by atoms with Gasteiger partial charge in [-0.05, 0) is 30.9 Å². The lowest BCUT2D eigenvalue weighted by Gasteiger charge is -2.30. The molecule has 222 valence electrons. The number of carbonyl (C=O) groups excluding carboxylic acids is 5. The number of carbonyl (C=O) groups is 6. The van der Waals surface area contributed by atoms with E-state index in [9.17, 15) is 33.9 Å². The number of nitrogens with zero attached hydrogens (tertiary/aromatic N) is 1. The molecule has 0 unspecified atom stereocenters. The topological polar surface area (TPSA) is 250 Å². The molecule has 1 aromatic heterocycles. The Kier molecular flexibility index (Phi) is 10.8. The van der Waals surface area contributed by atoms with Crippen LogP contribution in [0.2, 0.25) is 0 Å². The van der Waals surface area contributed by atoms with Crippen LogP contribution in [0.25, 0.3) is 10.9 Å². The van der Waals surface area contributed by atoms with Crippen molar-refractivity contribution in [2.45, 2.75) is 56.3 Å². The SMILES string of the molecule is NC(=O)CC[C@H](NC(=O)[C@@H](N)CO)C(=O)N1CCC[C@H]1C(=O)N[C@@H](Cc1c[nH]c2ccccc12)C(=O)NCC(=O)O. The van der Waals surface area contributed by atoms with Crippen molar-refractivity contribution in [3.05, 3.63) is 36.0 Å². The molecule has 1 fully saturated rings. The number of fused-ring (bicyclic) bond motifs is 1. The number of hydrogen-bond acceptors (Lipinski definition) is 8. The van der Waals surface area contributed by atoms with Crippen LogP contribution in [0.15, 0.2) is 30.5 Å². The van der Waals surface area contributed by atoms with E-state index < -0.39 is 72.8 Å². The Morgan fingerprint density at radius 1 is 1.07 bits per heavy atom. The highest BCUT2D eigenvalue weighted by atomic mass is 16.4. The van der Waals surface area contributed by atoms with Crippen molar-refractivity contribution < 1.29 is 39.0 Å². The number of aliphatic hydroxyl groups excluding tert-OH is 1. The van der Waals surface area contributed by atoms with Crippen LogP contribution < -0.4 is 27.4 Å². The second kappa shape index (κ2) is 14.2. The second-order valence-corrected chi connectivity index (χ2v) is 9.78. The molecule has 0 radical (unpaired) electrons. The molecular formula is C26H35N7O8. The number of H-pyrrole nitrogens is 1. The molecule has 0 saturated carbocycles. The lowest BCUT2D eigenvalue weighted by Crippen LogP contribution is -2.58. The number of nitrogens with two attached hydrogens (primary N) is 2. The van der Waals surface area contributed by atoms with E-state index >= 15 is 0 Å². The zero-order chi connectivity index (χ0) is 30.1. The van der Waals surface area contributed by atoms with Crippen molar-refractivity contribution in [2.24, 2.45) is 11.5 Å². The van der Waals surface area contributed by atoms with Crippen molar-refractivity contribution >= 4 is 46.4 Å². The van der Waals surface area contributed by atoms with Crippen LogP contribution >= 0.6 is 0 Å². The number of para-hydroxylation sites is 1. The normalized spacial score (nSPS) is 16.9. The number of benzene rings is 1. The number of nitrogens with one attached hydrogen (secondary N) is 4. The van der Waals surface area contributed by atoms with E-state index in [0.717, 1.165) is 10.9 Å². The fraction of sp³-hybridized carbons (Fsp3) is 0.462. The number of aromatic nitrogens is 1. The van der Waals surface area contributed by atoms with Gasteiger partial charge >= 0.3 is 5.97 Å². The van der Waals surface area contributed by atoms with Gasteiger partial charge < -0.3 is 47.5 Å². The Hall–Kier alpha value is -4.50. The number of amides is 5. The first-order chi connectivity index (χ1) is 19.5. The lowest BCUT2D eigenvalue weighted by atomic mass is 10.0. The van der Waals surface area contributed by atoms with Gasteiger partial charge in [0.15, 0.2) is 0 Å². The number of rotatable bonds is 14. The predicted octanol–water partition coefficient (Wildman–Crippen LogP) is -2.54. The summed E-state index contributed by atoms with van der Waals surface area (Å²) in [5.74, 6) is -4.78. The minimum atomic E-state index is -1.30. The quantitative estimate of drug-likeness (QED) is 0.118. The highest BCUT2D eigenvalue weighted by molar-refractivity contribution is 5.96. The van der Waals surface area contributed by atoms with Crippen molar-refractivity contribution in [2.75, 3.05) is 19.7 Å². The Balaban J connectivity index is 1.79. The van der Waals surface area contributed by atoms with Gasteiger partial charge in [-0.1, -0.05) is 18.2 Å². The predicted molar refractivity (Wildman–Crippen MR) is 145 cm³/mol. The van der Waals surface area contributed by atoms with Crippen molar-refractivity contribution in [3.63, 3.8) is 0 Å². The summed E-state index contributed by atoms with van der Waals surface area (Å²) < 4.78 is 0. The van der Waals surface area contributed by atoms with Crippen LogP contribution in [0, 0.1) is 0 Å². The third kappa shape index (κ3) is 8.25. The van der Waals surface area contributed by atoms with E-state index in [1.807, 2.05) is 24.3 Å².